The summed E-state index contributed by atoms with van der Waals surface area (Å²) >= 11 is 0. The monoisotopic (exact) mass is 242 g/mol. The molecular formula is C14H30N2O. The molecule has 102 valence electrons. The summed E-state index contributed by atoms with van der Waals surface area (Å²) < 4.78 is 5.77. The third-order valence-electron chi connectivity index (χ3n) is 3.10. The van der Waals surface area contributed by atoms with Gasteiger partial charge in [-0.3, -0.25) is 0 Å². The quantitative estimate of drug-likeness (QED) is 0.800. The standard InChI is InChI=1S/C14H30N2O/c1-12(2)15-13-6-8-16(9-7-13)10-11-17-14(3,4)5/h12-13,15H,6-11H2,1-5H3. The molecule has 3 nitrogen and oxygen atoms in total. The molecule has 1 saturated heterocycles. The van der Waals surface area contributed by atoms with Crippen molar-refractivity contribution in [3.8, 4) is 0 Å². The summed E-state index contributed by atoms with van der Waals surface area (Å²) in [5, 5.41) is 3.62. The molecule has 0 amide bonds. The van der Waals surface area contributed by atoms with Crippen LogP contribution in [-0.4, -0.2) is 48.8 Å². The van der Waals surface area contributed by atoms with Crippen molar-refractivity contribution in [3.05, 3.63) is 0 Å². The fraction of sp³-hybridized carbons (Fsp3) is 1.00. The molecular weight excluding hydrogens is 212 g/mol. The number of hydrogen-bond acceptors (Lipinski definition) is 3. The van der Waals surface area contributed by atoms with Gasteiger partial charge in [-0.05, 0) is 46.7 Å². The first-order valence-electron chi connectivity index (χ1n) is 6.99. The van der Waals surface area contributed by atoms with Crippen molar-refractivity contribution in [3.63, 3.8) is 0 Å². The van der Waals surface area contributed by atoms with Gasteiger partial charge < -0.3 is 15.0 Å². The molecule has 0 aromatic heterocycles. The zero-order valence-corrected chi connectivity index (χ0v) is 12.3. The molecule has 0 saturated carbocycles. The first-order valence-corrected chi connectivity index (χ1v) is 6.99. The van der Waals surface area contributed by atoms with Gasteiger partial charge in [0.15, 0.2) is 0 Å². The Hall–Kier alpha value is -0.120. The normalized spacial score (nSPS) is 20.1. The maximum Gasteiger partial charge on any atom is 0.0600 e. The predicted octanol–water partition coefficient (Wildman–Crippen LogP) is 2.26. The zero-order valence-electron chi connectivity index (χ0n) is 12.3. The maximum absolute atomic E-state index is 5.77. The molecule has 1 aliphatic heterocycles. The van der Waals surface area contributed by atoms with Gasteiger partial charge in [0.1, 0.15) is 0 Å². The highest BCUT2D eigenvalue weighted by Gasteiger charge is 2.19. The average Bonchev–Trinajstić information content (AvgIpc) is 2.18. The van der Waals surface area contributed by atoms with Gasteiger partial charge in [-0.25, -0.2) is 0 Å². The molecule has 0 spiro atoms. The lowest BCUT2D eigenvalue weighted by Gasteiger charge is -2.34. The van der Waals surface area contributed by atoms with Crippen molar-refractivity contribution >= 4 is 0 Å². The Balaban J connectivity index is 2.11. The van der Waals surface area contributed by atoms with Crippen LogP contribution in [0.25, 0.3) is 0 Å². The minimum Gasteiger partial charge on any atom is -0.375 e. The van der Waals surface area contributed by atoms with Crippen LogP contribution in [0.1, 0.15) is 47.5 Å². The average molecular weight is 242 g/mol. The maximum atomic E-state index is 5.77. The van der Waals surface area contributed by atoms with Crippen molar-refractivity contribution in [1.82, 2.24) is 10.2 Å². The SMILES string of the molecule is CC(C)NC1CCN(CCOC(C)(C)C)CC1. The molecule has 1 rings (SSSR count). The first kappa shape index (κ1) is 14.9. The van der Waals surface area contributed by atoms with E-state index >= 15 is 0 Å². The molecule has 0 aromatic rings. The van der Waals surface area contributed by atoms with Crippen molar-refractivity contribution in [2.75, 3.05) is 26.2 Å². The molecule has 0 aromatic carbocycles. The molecule has 1 fully saturated rings. The van der Waals surface area contributed by atoms with Crippen LogP contribution in [0.4, 0.5) is 0 Å². The third kappa shape index (κ3) is 7.02. The highest BCUT2D eigenvalue weighted by molar-refractivity contribution is 4.78. The summed E-state index contributed by atoms with van der Waals surface area (Å²) in [4.78, 5) is 2.52. The van der Waals surface area contributed by atoms with Crippen molar-refractivity contribution in [2.45, 2.75) is 65.1 Å². The van der Waals surface area contributed by atoms with E-state index in [1.54, 1.807) is 0 Å². The third-order valence-corrected chi connectivity index (χ3v) is 3.10. The van der Waals surface area contributed by atoms with Crippen LogP contribution in [0, 0.1) is 0 Å². The Kier molecular flexibility index (Phi) is 5.90. The van der Waals surface area contributed by atoms with Gasteiger partial charge in [0.05, 0.1) is 12.2 Å². The number of ether oxygens (including phenoxy) is 1. The zero-order chi connectivity index (χ0) is 12.9. The van der Waals surface area contributed by atoms with E-state index in [4.69, 9.17) is 4.74 Å². The van der Waals surface area contributed by atoms with E-state index < -0.39 is 0 Å². The van der Waals surface area contributed by atoms with Gasteiger partial charge in [-0.2, -0.15) is 0 Å². The van der Waals surface area contributed by atoms with Crippen LogP contribution in [0.2, 0.25) is 0 Å². The predicted molar refractivity (Wildman–Crippen MR) is 73.4 cm³/mol. The number of hydrogen-bond donors (Lipinski definition) is 1. The highest BCUT2D eigenvalue weighted by atomic mass is 16.5. The second kappa shape index (κ2) is 6.72. The largest absolute Gasteiger partial charge is 0.375 e. The highest BCUT2D eigenvalue weighted by Crippen LogP contribution is 2.12. The molecule has 0 aliphatic carbocycles. The van der Waals surface area contributed by atoms with Crippen molar-refractivity contribution in [2.24, 2.45) is 0 Å². The van der Waals surface area contributed by atoms with Crippen LogP contribution < -0.4 is 5.32 Å². The molecule has 1 aliphatic rings. The van der Waals surface area contributed by atoms with Gasteiger partial charge in [0, 0.05) is 18.6 Å². The summed E-state index contributed by atoms with van der Waals surface area (Å²) in [6.45, 7) is 15.1. The molecule has 1 heterocycles. The Bertz CT molecular complexity index is 203. The van der Waals surface area contributed by atoms with E-state index in [0.29, 0.717) is 6.04 Å². The summed E-state index contributed by atoms with van der Waals surface area (Å²) in [6.07, 6.45) is 2.54. The van der Waals surface area contributed by atoms with Crippen LogP contribution in [-0.2, 0) is 4.74 Å². The number of piperidine rings is 1. The van der Waals surface area contributed by atoms with E-state index in [-0.39, 0.29) is 5.60 Å². The molecule has 0 bridgehead atoms. The topological polar surface area (TPSA) is 24.5 Å². The fourth-order valence-corrected chi connectivity index (χ4v) is 2.28. The second-order valence-corrected chi connectivity index (χ2v) is 6.40. The smallest absolute Gasteiger partial charge is 0.0600 e. The van der Waals surface area contributed by atoms with Crippen molar-refractivity contribution < 1.29 is 4.74 Å². The van der Waals surface area contributed by atoms with Gasteiger partial charge in [-0.15, -0.1) is 0 Å². The van der Waals surface area contributed by atoms with Crippen LogP contribution in [0.15, 0.2) is 0 Å². The summed E-state index contributed by atoms with van der Waals surface area (Å²) in [5.41, 5.74) is -0.00246. The Morgan fingerprint density at radius 1 is 1.24 bits per heavy atom. The Morgan fingerprint density at radius 2 is 1.82 bits per heavy atom. The van der Waals surface area contributed by atoms with E-state index in [2.05, 4.69) is 44.8 Å². The minimum absolute atomic E-state index is 0.00246. The fourth-order valence-electron chi connectivity index (χ4n) is 2.28. The van der Waals surface area contributed by atoms with Gasteiger partial charge >= 0.3 is 0 Å². The van der Waals surface area contributed by atoms with Gasteiger partial charge in [0.2, 0.25) is 0 Å². The van der Waals surface area contributed by atoms with Gasteiger partial charge in [0.25, 0.3) is 0 Å². The Morgan fingerprint density at radius 3 is 2.29 bits per heavy atom. The lowest BCUT2D eigenvalue weighted by molar-refractivity contribution is -0.0156. The van der Waals surface area contributed by atoms with E-state index in [0.717, 1.165) is 19.2 Å². The minimum atomic E-state index is -0.00246. The van der Waals surface area contributed by atoms with Crippen LogP contribution in [0.3, 0.4) is 0 Å². The Labute approximate surface area is 107 Å². The molecule has 17 heavy (non-hydrogen) atoms. The van der Waals surface area contributed by atoms with E-state index in [1.807, 2.05) is 0 Å². The summed E-state index contributed by atoms with van der Waals surface area (Å²) in [7, 11) is 0. The lowest BCUT2D eigenvalue weighted by Crippen LogP contribution is -2.45. The molecule has 1 N–H and O–H groups in total. The van der Waals surface area contributed by atoms with Crippen LogP contribution in [0.5, 0.6) is 0 Å². The van der Waals surface area contributed by atoms with E-state index in [9.17, 15) is 0 Å². The van der Waals surface area contributed by atoms with Gasteiger partial charge in [-0.1, -0.05) is 13.8 Å². The number of nitrogens with zero attached hydrogens (tertiary/aromatic N) is 1. The first-order chi connectivity index (χ1) is 7.87. The molecule has 3 heteroatoms. The summed E-state index contributed by atoms with van der Waals surface area (Å²) in [6, 6.07) is 1.32. The lowest BCUT2D eigenvalue weighted by atomic mass is 10.0. The van der Waals surface area contributed by atoms with Crippen molar-refractivity contribution in [1.29, 1.82) is 0 Å². The number of nitrogens with one attached hydrogen (secondary N) is 1. The second-order valence-electron chi connectivity index (χ2n) is 6.40. The van der Waals surface area contributed by atoms with E-state index in [1.165, 1.54) is 25.9 Å². The van der Waals surface area contributed by atoms with Crippen LogP contribution >= 0.6 is 0 Å². The molecule has 0 unspecified atom stereocenters. The molecule has 0 atom stereocenters. The summed E-state index contributed by atoms with van der Waals surface area (Å²) in [5.74, 6) is 0. The molecule has 0 radical (unpaired) electrons. The number of likely N-dealkylation sites (tertiary alicyclic amines) is 1. The number of rotatable bonds is 5.